The van der Waals surface area contributed by atoms with E-state index in [1.54, 1.807) is 18.2 Å². The number of aromatic nitrogens is 2. The van der Waals surface area contributed by atoms with Crippen molar-refractivity contribution in [2.75, 3.05) is 0 Å². The average Bonchev–Trinajstić information content (AvgIpc) is 3.04. The summed E-state index contributed by atoms with van der Waals surface area (Å²) in [5.74, 6) is 0.0151. The molecule has 10 heteroatoms. The van der Waals surface area contributed by atoms with Crippen molar-refractivity contribution in [3.63, 3.8) is 0 Å². The van der Waals surface area contributed by atoms with E-state index in [9.17, 15) is 13.2 Å². The molecule has 1 heterocycles. The van der Waals surface area contributed by atoms with Gasteiger partial charge in [-0.15, -0.1) is 0 Å². The van der Waals surface area contributed by atoms with Gasteiger partial charge in [0.2, 0.25) is 0 Å². The number of halogens is 2. The molecule has 3 aromatic carbocycles. The predicted octanol–water partition coefficient (Wildman–Crippen LogP) is 1.82. The molecule has 0 spiro atoms. The van der Waals surface area contributed by atoms with Gasteiger partial charge >= 0.3 is 29.6 Å². The summed E-state index contributed by atoms with van der Waals surface area (Å²) >= 11 is 12.1. The van der Waals surface area contributed by atoms with Crippen molar-refractivity contribution in [1.82, 2.24) is 14.3 Å². The van der Waals surface area contributed by atoms with Crippen molar-refractivity contribution in [3.8, 4) is 0 Å². The van der Waals surface area contributed by atoms with Crippen LogP contribution in [0.2, 0.25) is 10.0 Å². The van der Waals surface area contributed by atoms with E-state index in [2.05, 4.69) is 9.71 Å². The van der Waals surface area contributed by atoms with Gasteiger partial charge in [-0.3, -0.25) is 4.79 Å². The monoisotopic (exact) mass is 496 g/mol. The van der Waals surface area contributed by atoms with E-state index in [0.29, 0.717) is 27.6 Å². The smallest absolute Gasteiger partial charge is 0.324 e. The molecule has 0 aliphatic heterocycles. The first-order valence-electron chi connectivity index (χ1n) is 9.27. The molecule has 0 saturated carbocycles. The predicted molar refractivity (Wildman–Crippen MR) is 121 cm³/mol. The van der Waals surface area contributed by atoms with Crippen LogP contribution < -0.4 is 34.3 Å². The molecule has 1 N–H and O–H groups in total. The molecule has 0 bridgehead atoms. The van der Waals surface area contributed by atoms with E-state index in [4.69, 9.17) is 23.2 Å². The number of fused-ring (bicyclic) bond motifs is 1. The van der Waals surface area contributed by atoms with Crippen LogP contribution in [0.25, 0.3) is 11.0 Å². The number of hydrogen-bond acceptors (Lipinski definition) is 4. The molecule has 0 aliphatic rings. The minimum Gasteiger partial charge on any atom is -0.324 e. The normalized spacial score (nSPS) is 11.2. The van der Waals surface area contributed by atoms with Crippen LogP contribution in [0.4, 0.5) is 0 Å². The summed E-state index contributed by atoms with van der Waals surface area (Å²) in [5.41, 5.74) is 2.51. The van der Waals surface area contributed by atoms with E-state index in [1.165, 1.54) is 24.3 Å². The Kier molecular flexibility index (Phi) is 7.70. The molecule has 6 nitrogen and oxygen atoms in total. The number of aryl methyl sites for hydroxylation is 1. The van der Waals surface area contributed by atoms with Crippen LogP contribution in [0.1, 0.15) is 21.7 Å². The molecule has 0 atom stereocenters. The van der Waals surface area contributed by atoms with Crippen LogP contribution in [-0.4, -0.2) is 23.9 Å². The molecule has 0 aliphatic carbocycles. The first-order chi connectivity index (χ1) is 14.7. The van der Waals surface area contributed by atoms with E-state index < -0.39 is 15.9 Å². The Bertz CT molecular complexity index is 1400. The summed E-state index contributed by atoms with van der Waals surface area (Å²) in [6, 6.07) is 17.9. The second-order valence-electron chi connectivity index (χ2n) is 6.93. The van der Waals surface area contributed by atoms with E-state index >= 15 is 0 Å². The fourth-order valence-corrected chi connectivity index (χ4v) is 4.53. The van der Waals surface area contributed by atoms with Gasteiger partial charge in [0.05, 0.1) is 22.5 Å². The number of imidazole rings is 1. The Morgan fingerprint density at radius 2 is 1.72 bits per heavy atom. The third-order valence-corrected chi connectivity index (χ3v) is 6.81. The molecule has 4 rings (SSSR count). The standard InChI is InChI=1S/C22H17Cl2N3O3S.Na/c1-14-25-20-11-6-15(12-21(20)27(14)13-16-4-2-3-5-19(16)24)22(28)26-31(29,30)18-9-7-17(23)8-10-18;/h2-12H,13H2,1H3,(H,26,28);/q;+1. The summed E-state index contributed by atoms with van der Waals surface area (Å²) in [6.07, 6.45) is 0. The summed E-state index contributed by atoms with van der Waals surface area (Å²) in [4.78, 5) is 17.2. The zero-order valence-corrected chi connectivity index (χ0v) is 21.7. The van der Waals surface area contributed by atoms with Gasteiger partial charge in [0.1, 0.15) is 5.82 Å². The van der Waals surface area contributed by atoms with Crippen molar-refractivity contribution >= 4 is 50.2 Å². The second-order valence-corrected chi connectivity index (χ2v) is 9.45. The first kappa shape index (κ1) is 24.8. The van der Waals surface area contributed by atoms with E-state index in [1.807, 2.05) is 35.8 Å². The topological polar surface area (TPSA) is 81.1 Å². The zero-order valence-electron chi connectivity index (χ0n) is 17.3. The third kappa shape index (κ3) is 5.20. The molecule has 0 unspecified atom stereocenters. The van der Waals surface area contributed by atoms with Gasteiger partial charge in [-0.1, -0.05) is 41.4 Å². The summed E-state index contributed by atoms with van der Waals surface area (Å²) in [6.45, 7) is 2.33. The number of sulfonamides is 1. The third-order valence-electron chi connectivity index (χ3n) is 4.84. The Labute approximate surface area is 217 Å². The zero-order chi connectivity index (χ0) is 22.2. The second kappa shape index (κ2) is 9.95. The molecule has 158 valence electrons. The number of nitrogens with zero attached hydrogens (tertiary/aromatic N) is 2. The summed E-state index contributed by atoms with van der Waals surface area (Å²) in [5, 5.41) is 1.03. The van der Waals surface area contributed by atoms with Crippen molar-refractivity contribution in [3.05, 3.63) is 93.7 Å². The van der Waals surface area contributed by atoms with Crippen molar-refractivity contribution < 1.29 is 42.8 Å². The van der Waals surface area contributed by atoms with Crippen LogP contribution in [-0.2, 0) is 16.6 Å². The van der Waals surface area contributed by atoms with Gasteiger partial charge < -0.3 is 4.57 Å². The number of rotatable bonds is 5. The Morgan fingerprint density at radius 1 is 1.03 bits per heavy atom. The van der Waals surface area contributed by atoms with Crippen LogP contribution in [0.5, 0.6) is 0 Å². The fraction of sp³-hybridized carbons (Fsp3) is 0.0909. The van der Waals surface area contributed by atoms with Gasteiger partial charge in [-0.25, -0.2) is 18.1 Å². The molecule has 0 fully saturated rings. The molecule has 4 aromatic rings. The molecular formula is C22H17Cl2N3NaO3S+. The maximum absolute atomic E-state index is 12.7. The number of hydrogen-bond donors (Lipinski definition) is 1. The molecule has 1 amide bonds. The Morgan fingerprint density at radius 3 is 2.41 bits per heavy atom. The number of carbonyl (C=O) groups is 1. The van der Waals surface area contributed by atoms with E-state index in [0.717, 1.165) is 11.4 Å². The number of carbonyl (C=O) groups excluding carboxylic acids is 1. The summed E-state index contributed by atoms with van der Waals surface area (Å²) in [7, 11) is -4.03. The summed E-state index contributed by atoms with van der Waals surface area (Å²) < 4.78 is 29.1. The SMILES string of the molecule is Cc1nc2ccc(C(=O)NS(=O)(=O)c3ccc(Cl)cc3)cc2n1Cc1ccccc1Cl.[Na+]. The Balaban J connectivity index is 0.00000289. The van der Waals surface area contributed by atoms with E-state index in [-0.39, 0.29) is 40.0 Å². The van der Waals surface area contributed by atoms with Crippen LogP contribution in [0.3, 0.4) is 0 Å². The van der Waals surface area contributed by atoms with Gasteiger partial charge in [0.15, 0.2) is 0 Å². The fourth-order valence-electron chi connectivity index (χ4n) is 3.23. The molecular weight excluding hydrogens is 480 g/mol. The van der Waals surface area contributed by atoms with Gasteiger partial charge in [0.25, 0.3) is 15.9 Å². The van der Waals surface area contributed by atoms with Crippen LogP contribution in [0.15, 0.2) is 71.6 Å². The quantitative estimate of drug-likeness (QED) is 0.427. The minimum absolute atomic E-state index is 0. The van der Waals surface area contributed by atoms with Gasteiger partial charge in [0, 0.05) is 15.6 Å². The number of benzene rings is 3. The molecule has 1 aromatic heterocycles. The van der Waals surface area contributed by atoms with Crippen molar-refractivity contribution in [2.45, 2.75) is 18.4 Å². The number of amides is 1. The van der Waals surface area contributed by atoms with Gasteiger partial charge in [-0.2, -0.15) is 0 Å². The largest absolute Gasteiger partial charge is 1.00 e. The van der Waals surface area contributed by atoms with Crippen LogP contribution >= 0.6 is 23.2 Å². The van der Waals surface area contributed by atoms with Crippen molar-refractivity contribution in [2.24, 2.45) is 0 Å². The van der Waals surface area contributed by atoms with Crippen LogP contribution in [0, 0.1) is 6.92 Å². The number of nitrogens with one attached hydrogen (secondary N) is 1. The minimum atomic E-state index is -4.03. The Hall–Kier alpha value is -1.87. The van der Waals surface area contributed by atoms with Crippen molar-refractivity contribution in [1.29, 1.82) is 0 Å². The molecule has 0 saturated heterocycles. The first-order valence-corrected chi connectivity index (χ1v) is 11.5. The molecule has 32 heavy (non-hydrogen) atoms. The maximum Gasteiger partial charge on any atom is 1.00 e. The average molecular weight is 497 g/mol. The molecule has 0 radical (unpaired) electrons. The van der Waals surface area contributed by atoms with Gasteiger partial charge in [-0.05, 0) is 61.0 Å². The maximum atomic E-state index is 12.7.